The molecule has 2 rings (SSSR count). The van der Waals surface area contributed by atoms with Gasteiger partial charge in [0.05, 0.1) is 13.2 Å². The highest BCUT2D eigenvalue weighted by molar-refractivity contribution is 5.14. The number of aromatic nitrogens is 4. The lowest BCUT2D eigenvalue weighted by Gasteiger charge is -2.02. The van der Waals surface area contributed by atoms with Crippen molar-refractivity contribution in [2.24, 2.45) is 0 Å². The Morgan fingerprint density at radius 1 is 1.06 bits per heavy atom. The molecule has 0 radical (unpaired) electrons. The fraction of sp³-hybridized carbons (Fsp3) is 0.364. The fourth-order valence-corrected chi connectivity index (χ4v) is 1.39. The van der Waals surface area contributed by atoms with Gasteiger partial charge in [0.25, 0.3) is 0 Å². The van der Waals surface area contributed by atoms with Crippen LogP contribution in [-0.4, -0.2) is 33.8 Å². The third kappa shape index (κ3) is 3.43. The molecule has 0 saturated carbocycles. The molecule has 0 bridgehead atoms. The molecular formula is C11H14N4O. The summed E-state index contributed by atoms with van der Waals surface area (Å²) < 4.78 is 5.49. The van der Waals surface area contributed by atoms with Crippen LogP contribution in [0.5, 0.6) is 0 Å². The second-order valence-corrected chi connectivity index (χ2v) is 3.43. The van der Waals surface area contributed by atoms with Crippen molar-refractivity contribution in [3.05, 3.63) is 41.7 Å². The van der Waals surface area contributed by atoms with E-state index in [0.29, 0.717) is 18.9 Å². The minimum Gasteiger partial charge on any atom is -0.381 e. The zero-order chi connectivity index (χ0) is 11.1. The molecule has 1 heterocycles. The summed E-state index contributed by atoms with van der Waals surface area (Å²) in [5, 5.41) is 13.6. The molecule has 1 aromatic carbocycles. The molecule has 0 atom stereocenters. The summed E-state index contributed by atoms with van der Waals surface area (Å²) in [6.45, 7) is 1.36. The molecule has 0 saturated heterocycles. The molecule has 1 N–H and O–H groups in total. The average Bonchev–Trinajstić information content (AvgIpc) is 2.83. The van der Waals surface area contributed by atoms with Crippen molar-refractivity contribution in [1.82, 2.24) is 20.6 Å². The van der Waals surface area contributed by atoms with Crippen LogP contribution in [0.4, 0.5) is 0 Å². The largest absolute Gasteiger partial charge is 0.381 e. The lowest BCUT2D eigenvalue weighted by atomic mass is 10.2. The van der Waals surface area contributed by atoms with Gasteiger partial charge in [-0.3, -0.25) is 0 Å². The first-order valence-electron chi connectivity index (χ1n) is 5.29. The third-order valence-electron chi connectivity index (χ3n) is 2.24. The molecule has 0 aliphatic carbocycles. The van der Waals surface area contributed by atoms with E-state index in [9.17, 15) is 0 Å². The van der Waals surface area contributed by atoms with E-state index < -0.39 is 0 Å². The lowest BCUT2D eigenvalue weighted by molar-refractivity contribution is 0.139. The molecular weight excluding hydrogens is 204 g/mol. The van der Waals surface area contributed by atoms with Crippen molar-refractivity contribution >= 4 is 0 Å². The van der Waals surface area contributed by atoms with Crippen LogP contribution < -0.4 is 0 Å². The number of tetrazole rings is 1. The van der Waals surface area contributed by atoms with Crippen molar-refractivity contribution in [3.8, 4) is 0 Å². The lowest BCUT2D eigenvalue weighted by Crippen LogP contribution is -2.03. The number of nitrogens with zero attached hydrogens (tertiary/aromatic N) is 3. The van der Waals surface area contributed by atoms with Crippen LogP contribution in [0, 0.1) is 0 Å². The molecule has 84 valence electrons. The first-order valence-corrected chi connectivity index (χ1v) is 5.29. The van der Waals surface area contributed by atoms with Crippen LogP contribution in [0.15, 0.2) is 30.3 Å². The molecule has 0 aliphatic heterocycles. The summed E-state index contributed by atoms with van der Waals surface area (Å²) in [6, 6.07) is 10.3. The van der Waals surface area contributed by atoms with E-state index in [-0.39, 0.29) is 0 Å². The van der Waals surface area contributed by atoms with Gasteiger partial charge in [-0.15, -0.1) is 10.2 Å². The minimum atomic E-state index is 0.631. The molecule has 1 aromatic heterocycles. The maximum atomic E-state index is 5.49. The van der Waals surface area contributed by atoms with Crippen molar-refractivity contribution in [2.75, 3.05) is 13.2 Å². The summed E-state index contributed by atoms with van der Waals surface area (Å²) in [5.41, 5.74) is 1.29. The van der Waals surface area contributed by atoms with Gasteiger partial charge in [-0.25, -0.2) is 0 Å². The molecule has 0 amide bonds. The maximum absolute atomic E-state index is 5.49. The predicted octanol–water partition coefficient (Wildman–Crippen LogP) is 1.00. The Balaban J connectivity index is 1.59. The van der Waals surface area contributed by atoms with Gasteiger partial charge in [-0.2, -0.15) is 5.21 Å². The number of rotatable bonds is 6. The smallest absolute Gasteiger partial charge is 0.176 e. The van der Waals surface area contributed by atoms with Crippen LogP contribution in [0.1, 0.15) is 11.4 Å². The Kier molecular flexibility index (Phi) is 4.01. The van der Waals surface area contributed by atoms with E-state index in [0.717, 1.165) is 13.0 Å². The number of aromatic amines is 1. The van der Waals surface area contributed by atoms with Crippen LogP contribution >= 0.6 is 0 Å². The van der Waals surface area contributed by atoms with Gasteiger partial charge in [-0.05, 0) is 12.0 Å². The Hall–Kier alpha value is -1.75. The van der Waals surface area contributed by atoms with E-state index in [4.69, 9.17) is 4.74 Å². The monoisotopic (exact) mass is 218 g/mol. The van der Waals surface area contributed by atoms with Crippen molar-refractivity contribution < 1.29 is 4.74 Å². The van der Waals surface area contributed by atoms with E-state index in [1.165, 1.54) is 5.56 Å². The fourth-order valence-electron chi connectivity index (χ4n) is 1.39. The van der Waals surface area contributed by atoms with E-state index >= 15 is 0 Å². The first kappa shape index (κ1) is 10.8. The number of hydrogen-bond acceptors (Lipinski definition) is 4. The summed E-state index contributed by atoms with van der Waals surface area (Å²) in [7, 11) is 0. The summed E-state index contributed by atoms with van der Waals surface area (Å²) in [5.74, 6) is 0.694. The molecule has 5 heteroatoms. The maximum Gasteiger partial charge on any atom is 0.176 e. The molecule has 16 heavy (non-hydrogen) atoms. The second-order valence-electron chi connectivity index (χ2n) is 3.43. The van der Waals surface area contributed by atoms with E-state index in [1.807, 2.05) is 18.2 Å². The van der Waals surface area contributed by atoms with E-state index in [2.05, 4.69) is 32.8 Å². The van der Waals surface area contributed by atoms with Gasteiger partial charge in [0.2, 0.25) is 0 Å². The van der Waals surface area contributed by atoms with Crippen LogP contribution in [0.25, 0.3) is 0 Å². The number of nitrogens with one attached hydrogen (secondary N) is 1. The highest BCUT2D eigenvalue weighted by Crippen LogP contribution is 1.99. The number of ether oxygens (including phenoxy) is 1. The van der Waals surface area contributed by atoms with Gasteiger partial charge >= 0.3 is 0 Å². The molecule has 0 aliphatic rings. The quantitative estimate of drug-likeness (QED) is 0.735. The zero-order valence-electron chi connectivity index (χ0n) is 8.97. The molecule has 0 spiro atoms. The standard InChI is InChI=1S/C11H14N4O/c1-2-4-10(5-3-1)6-8-16-9-7-11-12-14-15-13-11/h1-5H,6-9H2,(H,12,13,14,15). The van der Waals surface area contributed by atoms with Gasteiger partial charge in [0.15, 0.2) is 5.82 Å². The van der Waals surface area contributed by atoms with Crippen molar-refractivity contribution in [1.29, 1.82) is 0 Å². The highest BCUT2D eigenvalue weighted by Gasteiger charge is 1.97. The van der Waals surface area contributed by atoms with Gasteiger partial charge in [0, 0.05) is 6.42 Å². The second kappa shape index (κ2) is 5.97. The Morgan fingerprint density at radius 3 is 2.62 bits per heavy atom. The topological polar surface area (TPSA) is 63.7 Å². The van der Waals surface area contributed by atoms with Crippen molar-refractivity contribution in [3.63, 3.8) is 0 Å². The number of hydrogen-bond donors (Lipinski definition) is 1. The molecule has 2 aromatic rings. The molecule has 0 fully saturated rings. The minimum absolute atomic E-state index is 0.631. The third-order valence-corrected chi connectivity index (χ3v) is 2.24. The number of H-pyrrole nitrogens is 1. The summed E-state index contributed by atoms with van der Waals surface area (Å²) in [6.07, 6.45) is 1.64. The van der Waals surface area contributed by atoms with Crippen LogP contribution in [0.3, 0.4) is 0 Å². The Labute approximate surface area is 93.8 Å². The van der Waals surface area contributed by atoms with Crippen LogP contribution in [-0.2, 0) is 17.6 Å². The first-order chi connectivity index (χ1) is 7.95. The highest BCUT2D eigenvalue weighted by atomic mass is 16.5. The van der Waals surface area contributed by atoms with Gasteiger partial charge in [0.1, 0.15) is 0 Å². The van der Waals surface area contributed by atoms with Crippen LogP contribution in [0.2, 0.25) is 0 Å². The average molecular weight is 218 g/mol. The SMILES string of the molecule is c1ccc(CCOCCc2nn[nH]n2)cc1. The van der Waals surface area contributed by atoms with Gasteiger partial charge in [-0.1, -0.05) is 35.5 Å². The van der Waals surface area contributed by atoms with E-state index in [1.54, 1.807) is 0 Å². The Bertz CT molecular complexity index is 388. The summed E-state index contributed by atoms with van der Waals surface area (Å²) in [4.78, 5) is 0. The summed E-state index contributed by atoms with van der Waals surface area (Å²) >= 11 is 0. The van der Waals surface area contributed by atoms with Crippen molar-refractivity contribution in [2.45, 2.75) is 12.8 Å². The predicted molar refractivity (Wildman–Crippen MR) is 58.8 cm³/mol. The number of benzene rings is 1. The Morgan fingerprint density at radius 2 is 1.88 bits per heavy atom. The molecule has 5 nitrogen and oxygen atoms in total. The zero-order valence-corrected chi connectivity index (χ0v) is 8.97. The normalized spacial score (nSPS) is 10.5. The molecule has 0 unspecified atom stereocenters. The van der Waals surface area contributed by atoms with Gasteiger partial charge < -0.3 is 4.74 Å².